The zero-order valence-corrected chi connectivity index (χ0v) is 15.6. The highest BCUT2D eigenvalue weighted by atomic mass is 19.1. The van der Waals surface area contributed by atoms with Gasteiger partial charge < -0.3 is 10.6 Å². The lowest BCUT2D eigenvalue weighted by molar-refractivity contribution is 0.617. The van der Waals surface area contributed by atoms with Crippen LogP contribution in [0, 0.1) is 12.7 Å². The van der Waals surface area contributed by atoms with E-state index >= 15 is 0 Å². The van der Waals surface area contributed by atoms with E-state index in [4.69, 9.17) is 0 Å². The number of rotatable bonds is 6. The van der Waals surface area contributed by atoms with Crippen LogP contribution in [0.15, 0.2) is 65.9 Å². The van der Waals surface area contributed by atoms with Crippen molar-refractivity contribution in [3.63, 3.8) is 0 Å². The van der Waals surface area contributed by atoms with Gasteiger partial charge in [-0.1, -0.05) is 30.3 Å². The molecule has 0 saturated heterocycles. The number of aromatic nitrogens is 2. The molecule has 0 saturated carbocycles. The highest BCUT2D eigenvalue weighted by Gasteiger charge is 2.03. The molecule has 0 spiro atoms. The average Bonchev–Trinajstić information content (AvgIpc) is 3.17. The van der Waals surface area contributed by atoms with Crippen LogP contribution < -0.4 is 10.6 Å². The Hall–Kier alpha value is -3.15. The maximum Gasteiger partial charge on any atom is 0.191 e. The third-order valence-corrected chi connectivity index (χ3v) is 4.27. The maximum absolute atomic E-state index is 13.3. The van der Waals surface area contributed by atoms with Crippen LogP contribution in [0.4, 0.5) is 4.39 Å². The van der Waals surface area contributed by atoms with Gasteiger partial charge in [-0.25, -0.2) is 9.07 Å². The van der Waals surface area contributed by atoms with E-state index in [0.29, 0.717) is 18.1 Å². The lowest BCUT2D eigenvalue weighted by atomic mass is 10.1. The molecule has 2 N–H and O–H groups in total. The molecular weight excluding hydrogens is 341 g/mol. The van der Waals surface area contributed by atoms with Gasteiger partial charge in [0.15, 0.2) is 5.96 Å². The Labute approximate surface area is 159 Å². The molecule has 6 heteroatoms. The second-order valence-corrected chi connectivity index (χ2v) is 6.31. The van der Waals surface area contributed by atoms with E-state index in [2.05, 4.69) is 20.7 Å². The number of hydrogen-bond acceptors (Lipinski definition) is 2. The molecule has 0 aliphatic rings. The van der Waals surface area contributed by atoms with Crippen LogP contribution in [0.3, 0.4) is 0 Å². The molecule has 140 valence electrons. The molecule has 27 heavy (non-hydrogen) atoms. The molecule has 0 fully saturated rings. The summed E-state index contributed by atoms with van der Waals surface area (Å²) < 4.78 is 15.2. The van der Waals surface area contributed by atoms with Crippen molar-refractivity contribution >= 4 is 5.96 Å². The van der Waals surface area contributed by atoms with E-state index in [1.54, 1.807) is 20.0 Å². The van der Waals surface area contributed by atoms with Crippen LogP contribution in [0.1, 0.15) is 16.7 Å². The molecule has 0 unspecified atom stereocenters. The second kappa shape index (κ2) is 8.98. The Bertz CT molecular complexity index is 902. The Morgan fingerprint density at radius 3 is 2.67 bits per heavy atom. The Kier molecular flexibility index (Phi) is 6.20. The van der Waals surface area contributed by atoms with Crippen molar-refractivity contribution in [1.29, 1.82) is 0 Å². The van der Waals surface area contributed by atoms with Crippen molar-refractivity contribution in [2.75, 3.05) is 13.6 Å². The molecule has 1 aromatic heterocycles. The lowest BCUT2D eigenvalue weighted by Crippen LogP contribution is -2.37. The monoisotopic (exact) mass is 365 g/mol. The number of guanidine groups is 1. The number of aliphatic imine (C=N–C) groups is 1. The molecule has 3 rings (SSSR count). The van der Waals surface area contributed by atoms with E-state index in [1.807, 2.05) is 53.5 Å². The fraction of sp³-hybridized carbons (Fsp3) is 0.238. The summed E-state index contributed by atoms with van der Waals surface area (Å²) in [7, 11) is 1.73. The van der Waals surface area contributed by atoms with Crippen LogP contribution >= 0.6 is 0 Å². The summed E-state index contributed by atoms with van der Waals surface area (Å²) in [6.45, 7) is 3.09. The molecule has 0 radical (unpaired) electrons. The first-order chi connectivity index (χ1) is 13.2. The Morgan fingerprint density at radius 2 is 1.93 bits per heavy atom. The molecule has 0 aliphatic heterocycles. The fourth-order valence-electron chi connectivity index (χ4n) is 2.76. The van der Waals surface area contributed by atoms with Gasteiger partial charge in [-0.2, -0.15) is 5.10 Å². The standard InChI is InChI=1S/C21H24FN5/c1-16-12-17(8-9-20(16)22)13-25-21(23-2)24-11-10-18-14-26-27(15-18)19-6-4-3-5-7-19/h3-9,12,14-15H,10-11,13H2,1-2H3,(H2,23,24,25). The molecule has 0 amide bonds. The van der Waals surface area contributed by atoms with Gasteiger partial charge in [0.2, 0.25) is 0 Å². The van der Waals surface area contributed by atoms with Crippen LogP contribution in [0.2, 0.25) is 0 Å². The smallest absolute Gasteiger partial charge is 0.191 e. The summed E-state index contributed by atoms with van der Waals surface area (Å²) in [5.41, 5.74) is 3.86. The third kappa shape index (κ3) is 5.17. The first-order valence-corrected chi connectivity index (χ1v) is 8.94. The van der Waals surface area contributed by atoms with Gasteiger partial charge in [-0.3, -0.25) is 4.99 Å². The summed E-state index contributed by atoms with van der Waals surface area (Å²) in [6.07, 6.45) is 4.75. The predicted molar refractivity (Wildman–Crippen MR) is 107 cm³/mol. The van der Waals surface area contributed by atoms with Crippen molar-refractivity contribution < 1.29 is 4.39 Å². The summed E-state index contributed by atoms with van der Waals surface area (Å²) in [6, 6.07) is 15.1. The fourth-order valence-corrected chi connectivity index (χ4v) is 2.76. The molecule has 1 heterocycles. The van der Waals surface area contributed by atoms with Crippen LogP contribution in [-0.4, -0.2) is 29.3 Å². The summed E-state index contributed by atoms with van der Waals surface area (Å²) in [5.74, 6) is 0.532. The number of benzene rings is 2. The summed E-state index contributed by atoms with van der Waals surface area (Å²) in [5, 5.41) is 10.9. The van der Waals surface area contributed by atoms with E-state index in [-0.39, 0.29) is 5.82 Å². The third-order valence-electron chi connectivity index (χ3n) is 4.27. The quantitative estimate of drug-likeness (QED) is 0.521. The minimum atomic E-state index is -0.183. The predicted octanol–water partition coefficient (Wildman–Crippen LogP) is 3.23. The molecule has 0 aliphatic carbocycles. The minimum absolute atomic E-state index is 0.183. The largest absolute Gasteiger partial charge is 0.356 e. The van der Waals surface area contributed by atoms with Gasteiger partial charge in [0, 0.05) is 26.3 Å². The lowest BCUT2D eigenvalue weighted by Gasteiger charge is -2.12. The van der Waals surface area contributed by atoms with Gasteiger partial charge in [-0.15, -0.1) is 0 Å². The van der Waals surface area contributed by atoms with Gasteiger partial charge in [-0.05, 0) is 48.2 Å². The van der Waals surface area contributed by atoms with Crippen molar-refractivity contribution in [3.8, 4) is 5.69 Å². The van der Waals surface area contributed by atoms with Crippen LogP contribution in [-0.2, 0) is 13.0 Å². The van der Waals surface area contributed by atoms with E-state index in [9.17, 15) is 4.39 Å². The Balaban J connectivity index is 1.47. The zero-order chi connectivity index (χ0) is 19.1. The Morgan fingerprint density at radius 1 is 1.11 bits per heavy atom. The topological polar surface area (TPSA) is 54.2 Å². The molecular formula is C21H24FN5. The van der Waals surface area contributed by atoms with Crippen molar-refractivity contribution in [2.24, 2.45) is 4.99 Å². The van der Waals surface area contributed by atoms with E-state index < -0.39 is 0 Å². The average molecular weight is 365 g/mol. The molecule has 0 bridgehead atoms. The second-order valence-electron chi connectivity index (χ2n) is 6.31. The van der Waals surface area contributed by atoms with E-state index in [0.717, 1.165) is 29.8 Å². The number of aryl methyl sites for hydroxylation is 1. The summed E-state index contributed by atoms with van der Waals surface area (Å²) >= 11 is 0. The zero-order valence-electron chi connectivity index (χ0n) is 15.6. The van der Waals surface area contributed by atoms with Gasteiger partial charge in [0.1, 0.15) is 5.82 Å². The molecule has 2 aromatic carbocycles. The first kappa shape index (κ1) is 18.6. The molecule has 0 atom stereocenters. The SMILES string of the molecule is CN=C(NCCc1cnn(-c2ccccc2)c1)NCc1ccc(F)c(C)c1. The molecule has 5 nitrogen and oxygen atoms in total. The van der Waals surface area contributed by atoms with Gasteiger partial charge >= 0.3 is 0 Å². The highest BCUT2D eigenvalue weighted by Crippen LogP contribution is 2.09. The van der Waals surface area contributed by atoms with Gasteiger partial charge in [0.05, 0.1) is 11.9 Å². The van der Waals surface area contributed by atoms with Gasteiger partial charge in [0.25, 0.3) is 0 Å². The van der Waals surface area contributed by atoms with Crippen LogP contribution in [0.5, 0.6) is 0 Å². The van der Waals surface area contributed by atoms with Crippen molar-refractivity contribution in [1.82, 2.24) is 20.4 Å². The number of hydrogen-bond donors (Lipinski definition) is 2. The van der Waals surface area contributed by atoms with E-state index in [1.165, 1.54) is 6.07 Å². The molecule has 3 aromatic rings. The first-order valence-electron chi connectivity index (χ1n) is 8.94. The number of nitrogens with zero attached hydrogens (tertiary/aromatic N) is 3. The number of nitrogens with one attached hydrogen (secondary N) is 2. The van der Waals surface area contributed by atoms with Crippen LogP contribution in [0.25, 0.3) is 5.69 Å². The summed E-state index contributed by atoms with van der Waals surface area (Å²) in [4.78, 5) is 4.23. The number of para-hydroxylation sites is 1. The van der Waals surface area contributed by atoms with Crippen molar-refractivity contribution in [2.45, 2.75) is 19.9 Å². The normalized spacial score (nSPS) is 11.4. The number of halogens is 1. The minimum Gasteiger partial charge on any atom is -0.356 e. The van der Waals surface area contributed by atoms with Crippen molar-refractivity contribution in [3.05, 3.63) is 83.4 Å². The highest BCUT2D eigenvalue weighted by molar-refractivity contribution is 5.79. The maximum atomic E-state index is 13.3.